The van der Waals surface area contributed by atoms with Gasteiger partial charge in [-0.05, 0) is 12.1 Å². The molecule has 6 nitrogen and oxygen atoms in total. The number of nitrogens with zero attached hydrogens (tertiary/aromatic N) is 3. The van der Waals surface area contributed by atoms with Crippen LogP contribution < -0.4 is 4.90 Å². The molecule has 2 aromatic rings. The molecule has 22 heavy (non-hydrogen) atoms. The maximum absolute atomic E-state index is 12.5. The lowest BCUT2D eigenvalue weighted by atomic mass is 10.2. The van der Waals surface area contributed by atoms with Crippen LogP contribution in [-0.4, -0.2) is 49.1 Å². The molecule has 1 amide bonds. The SMILES string of the molecule is COCCN1CCN(C(=O)c2ccoc2)Cc2cccnc21. The van der Waals surface area contributed by atoms with Gasteiger partial charge >= 0.3 is 0 Å². The minimum absolute atomic E-state index is 0.0165. The fourth-order valence-corrected chi connectivity index (χ4v) is 2.63. The van der Waals surface area contributed by atoms with E-state index in [1.54, 1.807) is 19.4 Å². The summed E-state index contributed by atoms with van der Waals surface area (Å²) >= 11 is 0. The number of furan rings is 1. The van der Waals surface area contributed by atoms with Crippen LogP contribution in [0.1, 0.15) is 15.9 Å². The van der Waals surface area contributed by atoms with Gasteiger partial charge in [0.2, 0.25) is 0 Å². The predicted octanol–water partition coefficient (Wildman–Crippen LogP) is 1.78. The van der Waals surface area contributed by atoms with Gasteiger partial charge in [-0.25, -0.2) is 4.98 Å². The molecule has 1 aliphatic heterocycles. The number of hydrogen-bond acceptors (Lipinski definition) is 5. The standard InChI is InChI=1S/C16H19N3O3/c1-21-10-8-18-6-7-19(16(20)14-4-9-22-12-14)11-13-3-2-5-17-15(13)18/h2-5,9,12H,6-8,10-11H2,1H3. The molecule has 0 N–H and O–H groups in total. The van der Waals surface area contributed by atoms with Crippen molar-refractivity contribution in [3.63, 3.8) is 0 Å². The summed E-state index contributed by atoms with van der Waals surface area (Å²) in [7, 11) is 1.69. The fraction of sp³-hybridized carbons (Fsp3) is 0.375. The van der Waals surface area contributed by atoms with Crippen molar-refractivity contribution in [3.05, 3.63) is 48.0 Å². The van der Waals surface area contributed by atoms with E-state index >= 15 is 0 Å². The quantitative estimate of drug-likeness (QED) is 0.861. The highest BCUT2D eigenvalue weighted by Gasteiger charge is 2.24. The molecule has 0 fully saturated rings. The van der Waals surface area contributed by atoms with E-state index in [1.165, 1.54) is 12.5 Å². The highest BCUT2D eigenvalue weighted by Crippen LogP contribution is 2.23. The van der Waals surface area contributed by atoms with Gasteiger partial charge in [-0.15, -0.1) is 0 Å². The van der Waals surface area contributed by atoms with Crippen molar-refractivity contribution in [2.75, 3.05) is 38.3 Å². The topological polar surface area (TPSA) is 58.8 Å². The molecule has 2 aromatic heterocycles. The number of fused-ring (bicyclic) bond motifs is 1. The summed E-state index contributed by atoms with van der Waals surface area (Å²) in [6.07, 6.45) is 4.79. The number of carbonyl (C=O) groups is 1. The van der Waals surface area contributed by atoms with E-state index in [2.05, 4.69) is 9.88 Å². The maximum atomic E-state index is 12.5. The number of carbonyl (C=O) groups excluding carboxylic acids is 1. The van der Waals surface area contributed by atoms with Gasteiger partial charge in [-0.1, -0.05) is 6.07 Å². The summed E-state index contributed by atoms with van der Waals surface area (Å²) in [5.74, 6) is 0.916. The summed E-state index contributed by atoms with van der Waals surface area (Å²) in [6, 6.07) is 5.61. The van der Waals surface area contributed by atoms with Gasteiger partial charge < -0.3 is 19.0 Å². The van der Waals surface area contributed by atoms with Crippen LogP contribution in [0.2, 0.25) is 0 Å². The molecule has 0 bridgehead atoms. The lowest BCUT2D eigenvalue weighted by molar-refractivity contribution is 0.0750. The Bertz CT molecular complexity index is 627. The second-order valence-electron chi connectivity index (χ2n) is 5.20. The first-order chi connectivity index (χ1) is 10.8. The largest absolute Gasteiger partial charge is 0.472 e. The number of amides is 1. The predicted molar refractivity (Wildman–Crippen MR) is 81.8 cm³/mol. The van der Waals surface area contributed by atoms with Crippen LogP contribution in [0, 0.1) is 0 Å². The van der Waals surface area contributed by atoms with E-state index in [0.29, 0.717) is 25.3 Å². The molecule has 0 aromatic carbocycles. The van der Waals surface area contributed by atoms with Crippen molar-refractivity contribution in [1.82, 2.24) is 9.88 Å². The molecule has 0 saturated carbocycles. The van der Waals surface area contributed by atoms with E-state index in [0.717, 1.165) is 24.5 Å². The summed E-state index contributed by atoms with van der Waals surface area (Å²) in [5.41, 5.74) is 1.63. The van der Waals surface area contributed by atoms with Gasteiger partial charge in [0.25, 0.3) is 5.91 Å². The van der Waals surface area contributed by atoms with Gasteiger partial charge in [0.05, 0.1) is 18.4 Å². The lowest BCUT2D eigenvalue weighted by Crippen LogP contribution is -2.36. The van der Waals surface area contributed by atoms with Crippen molar-refractivity contribution in [2.24, 2.45) is 0 Å². The molecule has 1 aliphatic rings. The molecular weight excluding hydrogens is 282 g/mol. The number of anilines is 1. The number of rotatable bonds is 4. The van der Waals surface area contributed by atoms with E-state index in [4.69, 9.17) is 9.15 Å². The molecular formula is C16H19N3O3. The van der Waals surface area contributed by atoms with Crippen molar-refractivity contribution in [1.29, 1.82) is 0 Å². The van der Waals surface area contributed by atoms with Crippen molar-refractivity contribution in [2.45, 2.75) is 6.54 Å². The lowest BCUT2D eigenvalue weighted by Gasteiger charge is -2.23. The first kappa shape index (κ1) is 14.6. The zero-order valence-corrected chi connectivity index (χ0v) is 12.6. The van der Waals surface area contributed by atoms with Crippen LogP contribution in [0.15, 0.2) is 41.3 Å². The van der Waals surface area contributed by atoms with Crippen molar-refractivity contribution >= 4 is 11.7 Å². The first-order valence-electron chi connectivity index (χ1n) is 7.29. The minimum Gasteiger partial charge on any atom is -0.472 e. The maximum Gasteiger partial charge on any atom is 0.257 e. The summed E-state index contributed by atoms with van der Waals surface area (Å²) in [6.45, 7) is 3.32. The molecule has 116 valence electrons. The molecule has 0 unspecified atom stereocenters. The number of methoxy groups -OCH3 is 1. The van der Waals surface area contributed by atoms with E-state index in [9.17, 15) is 4.79 Å². The fourth-order valence-electron chi connectivity index (χ4n) is 2.63. The van der Waals surface area contributed by atoms with E-state index < -0.39 is 0 Å². The Balaban J connectivity index is 1.83. The van der Waals surface area contributed by atoms with Gasteiger partial charge in [0.15, 0.2) is 0 Å². The Labute approximate surface area is 129 Å². The van der Waals surface area contributed by atoms with Gasteiger partial charge in [0, 0.05) is 45.0 Å². The van der Waals surface area contributed by atoms with E-state index in [-0.39, 0.29) is 5.91 Å². The third-order valence-corrected chi connectivity index (χ3v) is 3.79. The van der Waals surface area contributed by atoms with Crippen LogP contribution in [0.4, 0.5) is 5.82 Å². The number of ether oxygens (including phenoxy) is 1. The monoisotopic (exact) mass is 301 g/mol. The van der Waals surface area contributed by atoms with Crippen LogP contribution in [0.5, 0.6) is 0 Å². The van der Waals surface area contributed by atoms with Crippen LogP contribution in [0.25, 0.3) is 0 Å². The highest BCUT2D eigenvalue weighted by molar-refractivity contribution is 5.94. The molecule has 0 atom stereocenters. The molecule has 3 rings (SSSR count). The summed E-state index contributed by atoms with van der Waals surface area (Å²) in [5, 5.41) is 0. The zero-order valence-electron chi connectivity index (χ0n) is 12.6. The number of pyridine rings is 1. The average molecular weight is 301 g/mol. The summed E-state index contributed by atoms with van der Waals surface area (Å²) < 4.78 is 10.2. The molecule has 6 heteroatoms. The third-order valence-electron chi connectivity index (χ3n) is 3.79. The van der Waals surface area contributed by atoms with Crippen LogP contribution in [0.3, 0.4) is 0 Å². The Kier molecular flexibility index (Phi) is 4.39. The van der Waals surface area contributed by atoms with E-state index in [1.807, 2.05) is 17.0 Å². The average Bonchev–Trinajstić information content (AvgIpc) is 3.01. The molecule has 0 saturated heterocycles. The Morgan fingerprint density at radius 1 is 1.41 bits per heavy atom. The summed E-state index contributed by atoms with van der Waals surface area (Å²) in [4.78, 5) is 21.0. The van der Waals surface area contributed by atoms with Crippen molar-refractivity contribution in [3.8, 4) is 0 Å². The minimum atomic E-state index is -0.0165. The number of hydrogen-bond donors (Lipinski definition) is 0. The molecule has 0 radical (unpaired) electrons. The highest BCUT2D eigenvalue weighted by atomic mass is 16.5. The van der Waals surface area contributed by atoms with Crippen LogP contribution in [-0.2, 0) is 11.3 Å². The Hall–Kier alpha value is -2.34. The Morgan fingerprint density at radius 3 is 3.09 bits per heavy atom. The zero-order chi connectivity index (χ0) is 15.4. The Morgan fingerprint density at radius 2 is 2.32 bits per heavy atom. The number of aromatic nitrogens is 1. The van der Waals surface area contributed by atoms with Crippen LogP contribution >= 0.6 is 0 Å². The molecule has 0 spiro atoms. The smallest absolute Gasteiger partial charge is 0.257 e. The second-order valence-corrected chi connectivity index (χ2v) is 5.20. The normalized spacial score (nSPS) is 14.6. The van der Waals surface area contributed by atoms with Gasteiger partial charge in [0.1, 0.15) is 12.1 Å². The van der Waals surface area contributed by atoms with Gasteiger partial charge in [-0.2, -0.15) is 0 Å². The molecule has 3 heterocycles. The third kappa shape index (κ3) is 2.96. The first-order valence-corrected chi connectivity index (χ1v) is 7.29. The molecule has 0 aliphatic carbocycles. The second kappa shape index (κ2) is 6.62. The van der Waals surface area contributed by atoms with Gasteiger partial charge in [-0.3, -0.25) is 4.79 Å². The van der Waals surface area contributed by atoms with Crippen molar-refractivity contribution < 1.29 is 13.9 Å².